The number of H-pyrrole nitrogens is 1. The predicted octanol–water partition coefficient (Wildman–Crippen LogP) is -2.02. The van der Waals surface area contributed by atoms with Crippen molar-refractivity contribution >= 4 is 20.0 Å². The minimum absolute atomic E-state index is 0.128. The van der Waals surface area contributed by atoms with E-state index in [-0.39, 0.29) is 11.6 Å². The highest BCUT2D eigenvalue weighted by Gasteiger charge is 2.15. The van der Waals surface area contributed by atoms with E-state index < -0.39 is 25.8 Å². The molecule has 10 heteroatoms. The maximum Gasteiger partial charge on any atom is 0.257 e. The molecule has 1 heterocycles. The molecule has 0 unspecified atom stereocenters. The van der Waals surface area contributed by atoms with Gasteiger partial charge in [0.2, 0.25) is 10.0 Å². The highest BCUT2D eigenvalue weighted by Crippen LogP contribution is 2.01. The molecule has 0 aliphatic carbocycles. The molecule has 4 N–H and O–H groups in total. The Labute approximate surface area is 87.0 Å². The second kappa shape index (κ2) is 4.26. The number of sulfonamides is 2. The van der Waals surface area contributed by atoms with Crippen LogP contribution in [0, 0.1) is 0 Å². The van der Waals surface area contributed by atoms with Gasteiger partial charge in [0.05, 0.1) is 11.9 Å². The highest BCUT2D eigenvalue weighted by molar-refractivity contribution is 7.90. The number of nitrogens with two attached hydrogens (primary N) is 1. The van der Waals surface area contributed by atoms with Crippen LogP contribution in [0.15, 0.2) is 17.3 Å². The lowest BCUT2D eigenvalue weighted by Crippen LogP contribution is -2.31. The van der Waals surface area contributed by atoms with Gasteiger partial charge in [0, 0.05) is 6.54 Å². The molecule has 0 spiro atoms. The lowest BCUT2D eigenvalue weighted by molar-refractivity contribution is 0.577. The van der Waals surface area contributed by atoms with Gasteiger partial charge in [0.25, 0.3) is 10.0 Å². The molecule has 1 aromatic rings. The van der Waals surface area contributed by atoms with E-state index in [1.807, 2.05) is 0 Å². The molecule has 0 amide bonds. The van der Waals surface area contributed by atoms with Gasteiger partial charge < -0.3 is 0 Å². The third-order valence-electron chi connectivity index (χ3n) is 1.44. The van der Waals surface area contributed by atoms with Gasteiger partial charge >= 0.3 is 0 Å². The van der Waals surface area contributed by atoms with Crippen molar-refractivity contribution in [3.05, 3.63) is 12.3 Å². The van der Waals surface area contributed by atoms with Gasteiger partial charge in [-0.3, -0.25) is 5.10 Å². The molecule has 1 aromatic heterocycles. The lowest BCUT2D eigenvalue weighted by atomic mass is 10.8. The third kappa shape index (κ3) is 3.95. The van der Waals surface area contributed by atoms with Crippen LogP contribution in [0.4, 0.5) is 0 Å². The van der Waals surface area contributed by atoms with Crippen molar-refractivity contribution < 1.29 is 16.8 Å². The summed E-state index contributed by atoms with van der Waals surface area (Å²) in [7, 11) is -7.40. The first-order chi connectivity index (χ1) is 6.81. The molecule has 1 rings (SSSR count). The first-order valence-corrected chi connectivity index (χ1v) is 7.01. The first-order valence-electron chi connectivity index (χ1n) is 3.81. The fraction of sp³-hybridized carbons (Fsp3) is 0.400. The Bertz CT molecular complexity index is 503. The summed E-state index contributed by atoms with van der Waals surface area (Å²) in [5.74, 6) is -0.458. The van der Waals surface area contributed by atoms with Crippen molar-refractivity contribution in [2.75, 3.05) is 12.3 Å². The zero-order valence-electron chi connectivity index (χ0n) is 7.54. The number of primary sulfonamides is 1. The van der Waals surface area contributed by atoms with Crippen LogP contribution in [0.1, 0.15) is 0 Å². The van der Waals surface area contributed by atoms with Gasteiger partial charge in [-0.25, -0.2) is 26.7 Å². The summed E-state index contributed by atoms with van der Waals surface area (Å²) in [4.78, 5) is 0. The molecule has 0 fully saturated rings. The van der Waals surface area contributed by atoms with Crippen LogP contribution in [0.2, 0.25) is 0 Å². The number of hydrogen-bond acceptors (Lipinski definition) is 5. The number of nitrogens with one attached hydrogen (secondary N) is 2. The van der Waals surface area contributed by atoms with Crippen LogP contribution in [0.3, 0.4) is 0 Å². The van der Waals surface area contributed by atoms with Gasteiger partial charge in [-0.05, 0) is 6.07 Å². The summed E-state index contributed by atoms with van der Waals surface area (Å²) in [6, 6.07) is 1.25. The van der Waals surface area contributed by atoms with Crippen molar-refractivity contribution in [1.29, 1.82) is 0 Å². The maximum absolute atomic E-state index is 11.4. The smallest absolute Gasteiger partial charge is 0.257 e. The summed E-state index contributed by atoms with van der Waals surface area (Å²) >= 11 is 0. The normalized spacial score (nSPS) is 12.9. The average molecular weight is 254 g/mol. The van der Waals surface area contributed by atoms with E-state index in [2.05, 4.69) is 14.9 Å². The molecule has 0 radical (unpaired) electrons. The summed E-state index contributed by atoms with van der Waals surface area (Å²) < 4.78 is 45.8. The van der Waals surface area contributed by atoms with Crippen LogP contribution in [-0.4, -0.2) is 39.3 Å². The number of aromatic nitrogens is 2. The summed E-state index contributed by atoms with van der Waals surface area (Å²) in [5, 5.41) is 10.3. The molecule has 0 bridgehead atoms. The van der Waals surface area contributed by atoms with E-state index in [0.717, 1.165) is 0 Å². The molecule has 0 aliphatic heterocycles. The topological polar surface area (TPSA) is 135 Å². The van der Waals surface area contributed by atoms with Gasteiger partial charge in [-0.2, -0.15) is 5.10 Å². The van der Waals surface area contributed by atoms with E-state index in [9.17, 15) is 16.8 Å². The average Bonchev–Trinajstić information content (AvgIpc) is 2.52. The van der Waals surface area contributed by atoms with E-state index in [4.69, 9.17) is 5.14 Å². The fourth-order valence-corrected chi connectivity index (χ4v) is 2.24. The minimum atomic E-state index is -3.73. The monoisotopic (exact) mass is 254 g/mol. The molecule has 8 nitrogen and oxygen atoms in total. The first kappa shape index (κ1) is 12.1. The summed E-state index contributed by atoms with van der Waals surface area (Å²) in [6.45, 7) is -0.278. The predicted molar refractivity (Wildman–Crippen MR) is 51.8 cm³/mol. The Morgan fingerprint density at radius 2 is 2.07 bits per heavy atom. The largest absolute Gasteiger partial charge is 0.266 e. The number of rotatable bonds is 5. The van der Waals surface area contributed by atoms with Crippen molar-refractivity contribution in [3.8, 4) is 0 Å². The molecule has 0 aromatic carbocycles. The van der Waals surface area contributed by atoms with Gasteiger partial charge in [0.15, 0.2) is 5.03 Å². The molecule has 86 valence electrons. The molecular formula is C5H10N4O4S2. The SMILES string of the molecule is NS(=O)(=O)CCNS(=O)(=O)c1ccn[nH]1. The van der Waals surface area contributed by atoms with Crippen LogP contribution in [0.5, 0.6) is 0 Å². The van der Waals surface area contributed by atoms with E-state index in [1.165, 1.54) is 12.3 Å². The molecule has 0 saturated carbocycles. The number of aromatic amines is 1. The van der Waals surface area contributed by atoms with Gasteiger partial charge in [-0.1, -0.05) is 0 Å². The van der Waals surface area contributed by atoms with Gasteiger partial charge in [0.1, 0.15) is 0 Å². The Kier molecular flexibility index (Phi) is 3.44. The summed E-state index contributed by atoms with van der Waals surface area (Å²) in [5.41, 5.74) is 0. The van der Waals surface area contributed by atoms with Crippen molar-refractivity contribution in [1.82, 2.24) is 14.9 Å². The molecule has 0 saturated heterocycles. The number of hydrogen-bond donors (Lipinski definition) is 3. The van der Waals surface area contributed by atoms with Crippen LogP contribution in [0.25, 0.3) is 0 Å². The van der Waals surface area contributed by atoms with Crippen molar-refractivity contribution in [2.45, 2.75) is 5.03 Å². The van der Waals surface area contributed by atoms with Crippen LogP contribution < -0.4 is 9.86 Å². The van der Waals surface area contributed by atoms with Gasteiger partial charge in [-0.15, -0.1) is 0 Å². The van der Waals surface area contributed by atoms with Crippen molar-refractivity contribution in [2.24, 2.45) is 5.14 Å². The van der Waals surface area contributed by atoms with Crippen LogP contribution >= 0.6 is 0 Å². The maximum atomic E-state index is 11.4. The second-order valence-electron chi connectivity index (χ2n) is 2.69. The quantitative estimate of drug-likeness (QED) is 0.557. The zero-order valence-corrected chi connectivity index (χ0v) is 9.18. The van der Waals surface area contributed by atoms with Crippen LogP contribution in [-0.2, 0) is 20.0 Å². The van der Waals surface area contributed by atoms with E-state index >= 15 is 0 Å². The third-order valence-corrected chi connectivity index (χ3v) is 3.61. The Morgan fingerprint density at radius 3 is 2.53 bits per heavy atom. The highest BCUT2D eigenvalue weighted by atomic mass is 32.2. The fourth-order valence-electron chi connectivity index (χ4n) is 0.789. The van der Waals surface area contributed by atoms with E-state index in [1.54, 1.807) is 0 Å². The molecule has 15 heavy (non-hydrogen) atoms. The Hall–Kier alpha value is -0.970. The lowest BCUT2D eigenvalue weighted by Gasteiger charge is -2.02. The number of nitrogens with zero attached hydrogens (tertiary/aromatic N) is 1. The molecular weight excluding hydrogens is 244 g/mol. The zero-order chi connectivity index (χ0) is 11.5. The Morgan fingerprint density at radius 1 is 1.40 bits per heavy atom. The summed E-state index contributed by atoms with van der Waals surface area (Å²) in [6.07, 6.45) is 1.27. The molecule has 0 aliphatic rings. The minimum Gasteiger partial charge on any atom is -0.266 e. The standard InChI is InChI=1S/C5H10N4O4S2/c6-14(10,11)4-3-8-15(12,13)5-1-2-7-9-5/h1-2,8H,3-4H2,(H,7,9)(H2,6,10,11). The Balaban J connectivity index is 2.60. The van der Waals surface area contributed by atoms with Crippen molar-refractivity contribution in [3.63, 3.8) is 0 Å². The van der Waals surface area contributed by atoms with E-state index in [0.29, 0.717) is 0 Å². The molecule has 0 atom stereocenters. The second-order valence-corrected chi connectivity index (χ2v) is 6.15.